The first-order chi connectivity index (χ1) is 35.0. The van der Waals surface area contributed by atoms with E-state index < -0.39 is 6.10 Å². The van der Waals surface area contributed by atoms with Crippen molar-refractivity contribution < 1.29 is 28.6 Å². The van der Waals surface area contributed by atoms with Gasteiger partial charge in [-0.05, 0) is 89.9 Å². The third-order valence-corrected chi connectivity index (χ3v) is 13.2. The summed E-state index contributed by atoms with van der Waals surface area (Å²) in [7, 11) is 0. The number of hydrogen-bond donors (Lipinski definition) is 0. The first-order valence-corrected chi connectivity index (χ1v) is 30.4. The molecule has 0 aliphatic heterocycles. The zero-order valence-electron chi connectivity index (χ0n) is 47.0. The zero-order valence-corrected chi connectivity index (χ0v) is 47.0. The van der Waals surface area contributed by atoms with E-state index in [0.29, 0.717) is 19.3 Å². The highest BCUT2D eigenvalue weighted by molar-refractivity contribution is 5.71. The van der Waals surface area contributed by atoms with Crippen LogP contribution in [-0.2, 0) is 28.6 Å². The molecule has 0 fully saturated rings. The summed E-state index contributed by atoms with van der Waals surface area (Å²) < 4.78 is 16.8. The molecule has 0 aromatic carbocycles. The molecule has 1 unspecified atom stereocenters. The molecule has 0 rings (SSSR count). The summed E-state index contributed by atoms with van der Waals surface area (Å²) in [5, 5.41) is 0. The maximum absolute atomic E-state index is 12.8. The lowest BCUT2D eigenvalue weighted by Gasteiger charge is -2.18. The van der Waals surface area contributed by atoms with Gasteiger partial charge in [-0.25, -0.2) is 0 Å². The molecule has 0 saturated heterocycles. The van der Waals surface area contributed by atoms with Gasteiger partial charge in [0.25, 0.3) is 0 Å². The van der Waals surface area contributed by atoms with Crippen molar-refractivity contribution in [1.82, 2.24) is 0 Å². The SMILES string of the molecule is CC/C=C\C/C=C\C/C=C\C/C=C\C/C=C\CCCCCCCCCCCCCCCCCCCC(=O)OCC(COC(=O)CCCCCCCCCC)OC(=O)CCCCCCC/C=C\CCCCC. The van der Waals surface area contributed by atoms with Crippen LogP contribution in [0.3, 0.4) is 0 Å². The molecule has 0 aromatic heterocycles. The molecule has 0 bridgehead atoms. The lowest BCUT2D eigenvalue weighted by atomic mass is 10.0. The van der Waals surface area contributed by atoms with Crippen LogP contribution in [0.15, 0.2) is 72.9 Å². The predicted molar refractivity (Wildman–Crippen MR) is 307 cm³/mol. The van der Waals surface area contributed by atoms with Crippen LogP contribution >= 0.6 is 0 Å². The Hall–Kier alpha value is -3.15. The molecule has 0 aliphatic rings. The Bertz CT molecular complexity index is 1320. The summed E-state index contributed by atoms with van der Waals surface area (Å²) in [6.45, 7) is 6.48. The van der Waals surface area contributed by atoms with Gasteiger partial charge < -0.3 is 14.2 Å². The lowest BCUT2D eigenvalue weighted by Crippen LogP contribution is -2.30. The van der Waals surface area contributed by atoms with Crippen molar-refractivity contribution in [3.8, 4) is 0 Å². The molecule has 6 heteroatoms. The molecule has 0 N–H and O–H groups in total. The number of carbonyl (C=O) groups is 3. The molecule has 0 saturated carbocycles. The standard InChI is InChI=1S/C65H114O6/c1-4-7-10-13-16-19-21-23-24-25-26-27-28-29-30-31-32-33-34-35-36-37-38-39-40-41-42-43-45-46-49-52-55-58-64(67)70-61-62(60-69-63(66)57-54-51-48-18-15-12-9-6-3)71-65(68)59-56-53-50-47-44-22-20-17-14-11-8-5-2/h7,10,16-17,19-20,23-24,26-27,29-30,62H,4-6,8-9,11-15,18,21-22,25,28,31-61H2,1-3H3/b10-7-,19-16-,20-17-,24-23-,27-26-,30-29-. The zero-order chi connectivity index (χ0) is 51.4. The van der Waals surface area contributed by atoms with Gasteiger partial charge in [0.05, 0.1) is 0 Å². The number of hydrogen-bond acceptors (Lipinski definition) is 6. The van der Waals surface area contributed by atoms with Gasteiger partial charge in [-0.15, -0.1) is 0 Å². The predicted octanol–water partition coefficient (Wildman–Crippen LogP) is 20.5. The number of esters is 3. The monoisotopic (exact) mass is 991 g/mol. The van der Waals surface area contributed by atoms with Crippen molar-refractivity contribution in [2.45, 2.75) is 309 Å². The van der Waals surface area contributed by atoms with Crippen molar-refractivity contribution in [2.24, 2.45) is 0 Å². The van der Waals surface area contributed by atoms with Crippen LogP contribution in [-0.4, -0.2) is 37.2 Å². The fourth-order valence-corrected chi connectivity index (χ4v) is 8.64. The van der Waals surface area contributed by atoms with E-state index in [2.05, 4.69) is 93.7 Å². The molecule has 0 heterocycles. The Morgan fingerprint density at radius 3 is 0.901 bits per heavy atom. The first kappa shape index (κ1) is 67.8. The van der Waals surface area contributed by atoms with Gasteiger partial charge in [0.1, 0.15) is 13.2 Å². The van der Waals surface area contributed by atoms with Crippen molar-refractivity contribution >= 4 is 17.9 Å². The van der Waals surface area contributed by atoms with Crippen LogP contribution in [0.1, 0.15) is 303 Å². The van der Waals surface area contributed by atoms with Crippen LogP contribution in [0.2, 0.25) is 0 Å². The fourth-order valence-electron chi connectivity index (χ4n) is 8.64. The molecule has 0 radical (unpaired) electrons. The molecule has 0 amide bonds. The van der Waals surface area contributed by atoms with E-state index in [1.165, 1.54) is 161 Å². The molecule has 71 heavy (non-hydrogen) atoms. The summed E-state index contributed by atoms with van der Waals surface area (Å²) in [6.07, 6.45) is 76.5. The van der Waals surface area contributed by atoms with Gasteiger partial charge >= 0.3 is 17.9 Å². The third kappa shape index (κ3) is 57.6. The number of unbranched alkanes of at least 4 members (excludes halogenated alkanes) is 32. The molecule has 0 aromatic rings. The van der Waals surface area contributed by atoms with Crippen LogP contribution in [0.5, 0.6) is 0 Å². The Balaban J connectivity index is 4.00. The molecule has 6 nitrogen and oxygen atoms in total. The van der Waals surface area contributed by atoms with Crippen LogP contribution in [0, 0.1) is 0 Å². The summed E-state index contributed by atoms with van der Waals surface area (Å²) in [5.74, 6) is -0.878. The minimum atomic E-state index is -0.773. The maximum Gasteiger partial charge on any atom is 0.306 e. The summed E-state index contributed by atoms with van der Waals surface area (Å²) in [4.78, 5) is 37.9. The van der Waals surface area contributed by atoms with E-state index in [9.17, 15) is 14.4 Å². The molecule has 0 aliphatic carbocycles. The van der Waals surface area contributed by atoms with Gasteiger partial charge in [0, 0.05) is 19.3 Å². The van der Waals surface area contributed by atoms with Gasteiger partial charge in [-0.1, -0.05) is 267 Å². The lowest BCUT2D eigenvalue weighted by molar-refractivity contribution is -0.167. The van der Waals surface area contributed by atoms with E-state index >= 15 is 0 Å². The van der Waals surface area contributed by atoms with Gasteiger partial charge in [-0.3, -0.25) is 14.4 Å². The van der Waals surface area contributed by atoms with Crippen molar-refractivity contribution in [2.75, 3.05) is 13.2 Å². The van der Waals surface area contributed by atoms with Gasteiger partial charge in [0.15, 0.2) is 6.10 Å². The van der Waals surface area contributed by atoms with E-state index in [0.717, 1.165) is 103 Å². The second-order valence-electron chi connectivity index (χ2n) is 20.2. The normalized spacial score (nSPS) is 12.5. The van der Waals surface area contributed by atoms with E-state index in [1.807, 2.05) is 0 Å². The third-order valence-electron chi connectivity index (χ3n) is 13.2. The number of ether oxygens (including phenoxy) is 3. The Morgan fingerprint density at radius 2 is 0.549 bits per heavy atom. The Morgan fingerprint density at radius 1 is 0.296 bits per heavy atom. The van der Waals surface area contributed by atoms with Crippen LogP contribution in [0.25, 0.3) is 0 Å². The summed E-state index contributed by atoms with van der Waals surface area (Å²) in [6, 6.07) is 0. The maximum atomic E-state index is 12.8. The van der Waals surface area contributed by atoms with E-state index in [-0.39, 0.29) is 31.1 Å². The number of carbonyl (C=O) groups excluding carboxylic acids is 3. The summed E-state index contributed by atoms with van der Waals surface area (Å²) >= 11 is 0. The van der Waals surface area contributed by atoms with Gasteiger partial charge in [0.2, 0.25) is 0 Å². The second-order valence-corrected chi connectivity index (χ2v) is 20.2. The molecular weight excluding hydrogens is 877 g/mol. The number of rotatable bonds is 55. The fraction of sp³-hybridized carbons (Fsp3) is 0.769. The molecule has 410 valence electrons. The van der Waals surface area contributed by atoms with Crippen LogP contribution < -0.4 is 0 Å². The largest absolute Gasteiger partial charge is 0.462 e. The Labute approximate surface area is 440 Å². The molecule has 1 atom stereocenters. The quantitative estimate of drug-likeness (QED) is 0.0261. The molecular formula is C65H114O6. The van der Waals surface area contributed by atoms with Crippen molar-refractivity contribution in [3.05, 3.63) is 72.9 Å². The van der Waals surface area contributed by atoms with Gasteiger partial charge in [-0.2, -0.15) is 0 Å². The van der Waals surface area contributed by atoms with Crippen molar-refractivity contribution in [3.63, 3.8) is 0 Å². The summed E-state index contributed by atoms with van der Waals surface area (Å²) in [5.41, 5.74) is 0. The van der Waals surface area contributed by atoms with E-state index in [4.69, 9.17) is 14.2 Å². The van der Waals surface area contributed by atoms with Crippen molar-refractivity contribution in [1.29, 1.82) is 0 Å². The highest BCUT2D eigenvalue weighted by Crippen LogP contribution is 2.16. The average molecular weight is 992 g/mol. The molecule has 0 spiro atoms. The Kier molecular flexibility index (Phi) is 56.8. The van der Waals surface area contributed by atoms with Crippen LogP contribution in [0.4, 0.5) is 0 Å². The smallest absolute Gasteiger partial charge is 0.306 e. The highest BCUT2D eigenvalue weighted by atomic mass is 16.6. The average Bonchev–Trinajstić information content (AvgIpc) is 3.37. The number of allylic oxidation sites excluding steroid dienone is 12. The first-order valence-electron chi connectivity index (χ1n) is 30.4. The van der Waals surface area contributed by atoms with E-state index in [1.54, 1.807) is 0 Å². The second kappa shape index (κ2) is 59.4. The minimum absolute atomic E-state index is 0.0743. The topological polar surface area (TPSA) is 78.9 Å². The minimum Gasteiger partial charge on any atom is -0.462 e. The highest BCUT2D eigenvalue weighted by Gasteiger charge is 2.19.